The molecule has 2 rings (SSSR count). The Morgan fingerprint density at radius 1 is 1.32 bits per heavy atom. The van der Waals surface area contributed by atoms with Crippen LogP contribution in [0.5, 0.6) is 0 Å². The predicted molar refractivity (Wildman–Crippen MR) is 80.1 cm³/mol. The summed E-state index contributed by atoms with van der Waals surface area (Å²) < 4.78 is 0.715. The van der Waals surface area contributed by atoms with Gasteiger partial charge in [0, 0.05) is 13.1 Å². The van der Waals surface area contributed by atoms with Gasteiger partial charge in [-0.25, -0.2) is 4.98 Å². The first kappa shape index (κ1) is 14.5. The molecule has 0 unspecified atom stereocenters. The van der Waals surface area contributed by atoms with Crippen LogP contribution in [-0.2, 0) is 0 Å². The molecular formula is C15H21BrN2O. The minimum absolute atomic E-state index is 0.0575. The predicted octanol–water partition coefficient (Wildman–Crippen LogP) is 3.89. The number of carbonyl (C=O) groups is 1. The third-order valence-corrected chi connectivity index (χ3v) is 4.99. The highest BCUT2D eigenvalue weighted by Crippen LogP contribution is 2.38. The zero-order valence-electron chi connectivity index (χ0n) is 11.7. The molecule has 0 spiro atoms. The summed E-state index contributed by atoms with van der Waals surface area (Å²) in [6.45, 7) is 6.23. The first-order valence-electron chi connectivity index (χ1n) is 7.02. The van der Waals surface area contributed by atoms with Crippen molar-refractivity contribution in [3.63, 3.8) is 0 Å². The van der Waals surface area contributed by atoms with Crippen LogP contribution in [0.2, 0.25) is 0 Å². The van der Waals surface area contributed by atoms with E-state index in [1.165, 1.54) is 12.8 Å². The molecule has 1 amide bonds. The second kappa shape index (κ2) is 6.04. The number of nitrogens with zero attached hydrogens (tertiary/aromatic N) is 2. The van der Waals surface area contributed by atoms with Gasteiger partial charge in [-0.2, -0.15) is 0 Å². The fourth-order valence-electron chi connectivity index (χ4n) is 2.83. The minimum Gasteiger partial charge on any atom is -0.337 e. The molecule has 0 N–H and O–H groups in total. The topological polar surface area (TPSA) is 33.2 Å². The first-order chi connectivity index (χ1) is 9.10. The third-order valence-electron chi connectivity index (χ3n) is 4.55. The average Bonchev–Trinajstić information content (AvgIpc) is 2.46. The van der Waals surface area contributed by atoms with Gasteiger partial charge in [-0.15, -0.1) is 0 Å². The van der Waals surface area contributed by atoms with E-state index in [0.717, 1.165) is 25.9 Å². The third kappa shape index (κ3) is 3.16. The molecule has 0 saturated carbocycles. The Bertz CT molecular complexity index is 447. The molecule has 1 fully saturated rings. The second-order valence-corrected chi connectivity index (χ2v) is 6.16. The largest absolute Gasteiger partial charge is 0.337 e. The molecular weight excluding hydrogens is 304 g/mol. The molecule has 1 aromatic rings. The van der Waals surface area contributed by atoms with Crippen LogP contribution in [0.15, 0.2) is 22.8 Å². The number of rotatable bonds is 3. The van der Waals surface area contributed by atoms with Crippen LogP contribution >= 0.6 is 15.9 Å². The maximum atomic E-state index is 12.4. The van der Waals surface area contributed by atoms with E-state index in [0.29, 0.717) is 15.7 Å². The Balaban J connectivity index is 2.04. The molecule has 3 nitrogen and oxygen atoms in total. The number of piperidine rings is 1. The summed E-state index contributed by atoms with van der Waals surface area (Å²) in [6, 6.07) is 5.48. The Morgan fingerprint density at radius 2 is 1.95 bits per heavy atom. The van der Waals surface area contributed by atoms with Crippen LogP contribution in [0.1, 0.15) is 50.0 Å². The lowest BCUT2D eigenvalue weighted by atomic mass is 9.74. The van der Waals surface area contributed by atoms with Crippen LogP contribution in [-0.4, -0.2) is 28.9 Å². The van der Waals surface area contributed by atoms with E-state index in [2.05, 4.69) is 34.8 Å². The smallest absolute Gasteiger partial charge is 0.272 e. The van der Waals surface area contributed by atoms with E-state index in [4.69, 9.17) is 0 Å². The molecule has 0 bridgehead atoms. The summed E-state index contributed by atoms with van der Waals surface area (Å²) in [6.07, 6.45) is 4.64. The molecule has 1 aliphatic heterocycles. The summed E-state index contributed by atoms with van der Waals surface area (Å²) in [5, 5.41) is 0. The molecule has 0 radical (unpaired) electrons. The van der Waals surface area contributed by atoms with Crippen molar-refractivity contribution in [1.29, 1.82) is 0 Å². The summed E-state index contributed by atoms with van der Waals surface area (Å²) in [7, 11) is 0. The molecule has 0 aliphatic carbocycles. The van der Waals surface area contributed by atoms with E-state index in [1.807, 2.05) is 17.0 Å². The molecule has 1 aliphatic rings. The normalized spacial score (nSPS) is 18.4. The van der Waals surface area contributed by atoms with E-state index in [-0.39, 0.29) is 5.91 Å². The van der Waals surface area contributed by atoms with Gasteiger partial charge in [-0.3, -0.25) is 4.79 Å². The van der Waals surface area contributed by atoms with Crippen LogP contribution in [0.4, 0.5) is 0 Å². The van der Waals surface area contributed by atoms with Gasteiger partial charge in [-0.1, -0.05) is 32.8 Å². The van der Waals surface area contributed by atoms with Crippen molar-refractivity contribution in [2.75, 3.05) is 13.1 Å². The monoisotopic (exact) mass is 324 g/mol. The number of amides is 1. The lowest BCUT2D eigenvalue weighted by Crippen LogP contribution is -2.43. The number of pyridine rings is 1. The number of likely N-dealkylation sites (tertiary alicyclic amines) is 1. The van der Waals surface area contributed by atoms with Crippen LogP contribution < -0.4 is 0 Å². The van der Waals surface area contributed by atoms with Crippen LogP contribution in [0.25, 0.3) is 0 Å². The van der Waals surface area contributed by atoms with Crippen molar-refractivity contribution in [1.82, 2.24) is 9.88 Å². The number of carbonyl (C=O) groups excluding carboxylic acids is 1. The van der Waals surface area contributed by atoms with Gasteiger partial charge in [0.15, 0.2) is 0 Å². The number of halogens is 1. The summed E-state index contributed by atoms with van der Waals surface area (Å²) >= 11 is 3.31. The molecule has 1 saturated heterocycles. The van der Waals surface area contributed by atoms with Crippen molar-refractivity contribution in [3.05, 3.63) is 28.5 Å². The zero-order chi connectivity index (χ0) is 13.9. The van der Waals surface area contributed by atoms with Crippen molar-refractivity contribution in [2.45, 2.75) is 39.5 Å². The van der Waals surface area contributed by atoms with Crippen LogP contribution in [0, 0.1) is 5.41 Å². The SMILES string of the molecule is CCC1(CC)CCN(C(=O)c2cccc(Br)n2)CC1. The summed E-state index contributed by atoms with van der Waals surface area (Å²) in [5.41, 5.74) is 0.983. The maximum absolute atomic E-state index is 12.4. The van der Waals surface area contributed by atoms with E-state index >= 15 is 0 Å². The zero-order valence-corrected chi connectivity index (χ0v) is 13.2. The number of hydrogen-bond donors (Lipinski definition) is 0. The molecule has 4 heteroatoms. The summed E-state index contributed by atoms with van der Waals surface area (Å²) in [5.74, 6) is 0.0575. The van der Waals surface area contributed by atoms with E-state index < -0.39 is 0 Å². The maximum Gasteiger partial charge on any atom is 0.272 e. The molecule has 1 aromatic heterocycles. The fraction of sp³-hybridized carbons (Fsp3) is 0.600. The molecule has 0 aromatic carbocycles. The Morgan fingerprint density at radius 3 is 2.47 bits per heavy atom. The van der Waals surface area contributed by atoms with Gasteiger partial charge >= 0.3 is 0 Å². The molecule has 104 valence electrons. The molecule has 2 heterocycles. The highest BCUT2D eigenvalue weighted by atomic mass is 79.9. The van der Waals surface area contributed by atoms with Gasteiger partial charge in [0.2, 0.25) is 0 Å². The average molecular weight is 325 g/mol. The van der Waals surface area contributed by atoms with Gasteiger partial charge in [0.05, 0.1) is 0 Å². The van der Waals surface area contributed by atoms with Gasteiger partial charge in [-0.05, 0) is 46.3 Å². The fourth-order valence-corrected chi connectivity index (χ4v) is 3.17. The second-order valence-electron chi connectivity index (χ2n) is 5.34. The lowest BCUT2D eigenvalue weighted by molar-refractivity contribution is 0.0552. The number of hydrogen-bond acceptors (Lipinski definition) is 2. The Kier molecular flexibility index (Phi) is 4.61. The van der Waals surface area contributed by atoms with Crippen molar-refractivity contribution in [3.8, 4) is 0 Å². The van der Waals surface area contributed by atoms with Gasteiger partial charge in [0.1, 0.15) is 10.3 Å². The van der Waals surface area contributed by atoms with Crippen molar-refractivity contribution < 1.29 is 4.79 Å². The first-order valence-corrected chi connectivity index (χ1v) is 7.81. The summed E-state index contributed by atoms with van der Waals surface area (Å²) in [4.78, 5) is 18.6. The molecule has 0 atom stereocenters. The van der Waals surface area contributed by atoms with Crippen LogP contribution in [0.3, 0.4) is 0 Å². The van der Waals surface area contributed by atoms with Gasteiger partial charge in [0.25, 0.3) is 5.91 Å². The lowest BCUT2D eigenvalue weighted by Gasteiger charge is -2.40. The van der Waals surface area contributed by atoms with Gasteiger partial charge < -0.3 is 4.90 Å². The minimum atomic E-state index is 0.0575. The van der Waals surface area contributed by atoms with Crippen molar-refractivity contribution in [2.24, 2.45) is 5.41 Å². The Hall–Kier alpha value is -0.900. The van der Waals surface area contributed by atoms with E-state index in [9.17, 15) is 4.79 Å². The quantitative estimate of drug-likeness (QED) is 0.790. The Labute approximate surface area is 123 Å². The highest BCUT2D eigenvalue weighted by Gasteiger charge is 2.33. The number of aromatic nitrogens is 1. The standard InChI is InChI=1S/C15H21BrN2O/c1-3-15(4-2)8-10-18(11-9-15)14(19)12-6-5-7-13(16)17-12/h5-7H,3-4,8-11H2,1-2H3. The molecule has 19 heavy (non-hydrogen) atoms. The van der Waals surface area contributed by atoms with Crippen molar-refractivity contribution >= 4 is 21.8 Å². The highest BCUT2D eigenvalue weighted by molar-refractivity contribution is 9.10. The van der Waals surface area contributed by atoms with E-state index in [1.54, 1.807) is 6.07 Å².